The largest absolute Gasteiger partial charge is 0.465 e. The van der Waals surface area contributed by atoms with Crippen molar-refractivity contribution >= 4 is 48.8 Å². The summed E-state index contributed by atoms with van der Waals surface area (Å²) in [6, 6.07) is 7.30. The van der Waals surface area contributed by atoms with E-state index in [0.29, 0.717) is 24.3 Å². The van der Waals surface area contributed by atoms with Gasteiger partial charge in [-0.05, 0) is 67.9 Å². The minimum absolute atomic E-state index is 0.0154. The van der Waals surface area contributed by atoms with Crippen LogP contribution in [-0.4, -0.2) is 49.3 Å². The number of nitrogens with one attached hydrogen (secondary N) is 1. The van der Waals surface area contributed by atoms with Crippen molar-refractivity contribution in [2.45, 2.75) is 47.8 Å². The summed E-state index contributed by atoms with van der Waals surface area (Å²) in [6.45, 7) is 1.41. The molecule has 4 rings (SSSR count). The van der Waals surface area contributed by atoms with Crippen molar-refractivity contribution in [1.29, 1.82) is 0 Å². The van der Waals surface area contributed by atoms with Crippen LogP contribution >= 0.6 is 11.6 Å². The average Bonchev–Trinajstić information content (AvgIpc) is 3.64. The molecule has 1 heterocycles. The van der Waals surface area contributed by atoms with E-state index in [4.69, 9.17) is 16.3 Å². The first-order valence-corrected chi connectivity index (χ1v) is 14.8. The minimum atomic E-state index is -4.17. The molecule has 0 spiro atoms. The summed E-state index contributed by atoms with van der Waals surface area (Å²) < 4.78 is 59.2. The van der Waals surface area contributed by atoms with Gasteiger partial charge in [0.25, 0.3) is 10.0 Å². The van der Waals surface area contributed by atoms with Crippen molar-refractivity contribution in [3.8, 4) is 0 Å². The van der Waals surface area contributed by atoms with E-state index in [0.717, 1.165) is 38.4 Å². The van der Waals surface area contributed by atoms with Crippen LogP contribution in [0.25, 0.3) is 0 Å². The second kappa shape index (κ2) is 9.39. The lowest BCUT2D eigenvalue weighted by atomic mass is 10.1. The number of hydrogen-bond donors (Lipinski definition) is 1. The quantitative estimate of drug-likeness (QED) is 0.538. The first kappa shape index (κ1) is 24.8. The maximum Gasteiger partial charge on any atom is 0.337 e. The van der Waals surface area contributed by atoms with E-state index in [1.165, 1.54) is 25.3 Å². The molecule has 0 bridgehead atoms. The summed E-state index contributed by atoms with van der Waals surface area (Å²) >= 11 is 6.31. The molecule has 184 valence electrons. The summed E-state index contributed by atoms with van der Waals surface area (Å²) in [4.78, 5) is 13.9. The van der Waals surface area contributed by atoms with Gasteiger partial charge in [-0.3, -0.25) is 4.72 Å². The number of carbonyl (C=O) groups excluding carboxylic acids is 1. The zero-order valence-corrected chi connectivity index (χ0v) is 21.4. The average molecular weight is 527 g/mol. The van der Waals surface area contributed by atoms with Crippen molar-refractivity contribution in [2.24, 2.45) is 0 Å². The monoisotopic (exact) mass is 526 g/mol. The number of hydrogen-bond acceptors (Lipinski definition) is 7. The number of sulfonamides is 1. The maximum atomic E-state index is 13.6. The third-order valence-electron chi connectivity index (χ3n) is 6.13. The Labute approximate surface area is 205 Å². The minimum Gasteiger partial charge on any atom is -0.465 e. The van der Waals surface area contributed by atoms with Crippen LogP contribution in [0.4, 0.5) is 11.4 Å². The number of esters is 1. The van der Waals surface area contributed by atoms with Crippen LogP contribution in [0, 0.1) is 0 Å². The van der Waals surface area contributed by atoms with Crippen LogP contribution in [0.1, 0.15) is 53.9 Å². The SMILES string of the molecule is COC(=O)c1ccc(C2CC2)c(S(=O)(=O)Nc2cc(S(C)(=O)=O)c(Cl)cc2N2CCCCC2)c1. The summed E-state index contributed by atoms with van der Waals surface area (Å²) in [5, 5.41) is 0.0392. The fraction of sp³-hybridized carbons (Fsp3) is 0.435. The van der Waals surface area contributed by atoms with Gasteiger partial charge in [-0.25, -0.2) is 21.6 Å². The Kier molecular flexibility index (Phi) is 6.85. The second-order valence-electron chi connectivity index (χ2n) is 8.74. The fourth-order valence-corrected chi connectivity index (χ4v) is 6.96. The molecule has 0 amide bonds. The Hall–Kier alpha value is -2.30. The highest BCUT2D eigenvalue weighted by Gasteiger charge is 2.32. The smallest absolute Gasteiger partial charge is 0.337 e. The molecule has 11 heteroatoms. The van der Waals surface area contributed by atoms with Gasteiger partial charge in [-0.15, -0.1) is 0 Å². The number of benzene rings is 2. The number of methoxy groups -OCH3 is 1. The summed E-state index contributed by atoms with van der Waals surface area (Å²) in [6.07, 6.45) is 5.68. The number of nitrogens with zero attached hydrogens (tertiary/aromatic N) is 1. The number of halogens is 1. The fourth-order valence-electron chi connectivity index (χ4n) is 4.25. The molecule has 8 nitrogen and oxygen atoms in total. The zero-order chi connectivity index (χ0) is 24.7. The van der Waals surface area contributed by atoms with E-state index in [9.17, 15) is 21.6 Å². The third kappa shape index (κ3) is 5.18. The lowest BCUT2D eigenvalue weighted by molar-refractivity contribution is 0.0600. The molecule has 0 aromatic heterocycles. The van der Waals surface area contributed by atoms with E-state index in [2.05, 4.69) is 4.72 Å². The Morgan fingerprint density at radius 2 is 1.71 bits per heavy atom. The van der Waals surface area contributed by atoms with Crippen molar-refractivity contribution in [3.05, 3.63) is 46.5 Å². The number of ether oxygens (including phenoxy) is 1. The molecule has 2 fully saturated rings. The van der Waals surface area contributed by atoms with Gasteiger partial charge in [0.1, 0.15) is 0 Å². The molecular weight excluding hydrogens is 500 g/mol. The first-order chi connectivity index (χ1) is 16.0. The van der Waals surface area contributed by atoms with Crippen molar-refractivity contribution in [1.82, 2.24) is 0 Å². The van der Waals surface area contributed by atoms with Gasteiger partial charge in [0.2, 0.25) is 0 Å². The van der Waals surface area contributed by atoms with Gasteiger partial charge in [0, 0.05) is 19.3 Å². The van der Waals surface area contributed by atoms with Gasteiger partial charge < -0.3 is 9.64 Å². The van der Waals surface area contributed by atoms with E-state index >= 15 is 0 Å². The van der Waals surface area contributed by atoms with Crippen molar-refractivity contribution in [2.75, 3.05) is 36.1 Å². The highest BCUT2D eigenvalue weighted by Crippen LogP contribution is 2.44. The maximum absolute atomic E-state index is 13.6. The third-order valence-corrected chi connectivity index (χ3v) is 9.11. The van der Waals surface area contributed by atoms with E-state index in [1.807, 2.05) is 4.90 Å². The summed E-state index contributed by atoms with van der Waals surface area (Å²) in [7, 11) is -6.64. The molecule has 1 aliphatic heterocycles. The Morgan fingerprint density at radius 3 is 2.29 bits per heavy atom. The van der Waals surface area contributed by atoms with E-state index in [-0.39, 0.29) is 32.0 Å². The molecule has 1 N–H and O–H groups in total. The Morgan fingerprint density at radius 1 is 1.03 bits per heavy atom. The molecule has 0 radical (unpaired) electrons. The van der Waals surface area contributed by atoms with Crippen LogP contribution in [0.5, 0.6) is 0 Å². The molecule has 0 unspecified atom stereocenters. The number of rotatable bonds is 7. The normalized spacial score (nSPS) is 16.9. The Balaban J connectivity index is 1.83. The molecule has 34 heavy (non-hydrogen) atoms. The highest BCUT2D eigenvalue weighted by atomic mass is 35.5. The van der Waals surface area contributed by atoms with Crippen LogP contribution in [0.3, 0.4) is 0 Å². The number of carbonyl (C=O) groups is 1. The van der Waals surface area contributed by atoms with Gasteiger partial charge in [-0.2, -0.15) is 0 Å². The second-order valence-corrected chi connectivity index (χ2v) is 12.8. The topological polar surface area (TPSA) is 110 Å². The van der Waals surface area contributed by atoms with Crippen LogP contribution in [-0.2, 0) is 24.6 Å². The number of piperidine rings is 1. The van der Waals surface area contributed by atoms with E-state index in [1.54, 1.807) is 12.1 Å². The van der Waals surface area contributed by atoms with Crippen molar-refractivity contribution < 1.29 is 26.4 Å². The van der Waals surface area contributed by atoms with E-state index < -0.39 is 25.8 Å². The molecule has 1 aliphatic carbocycles. The van der Waals surface area contributed by atoms with Crippen LogP contribution < -0.4 is 9.62 Å². The molecule has 2 aliphatic rings. The predicted octanol–water partition coefficient (Wildman–Crippen LogP) is 4.20. The lowest BCUT2D eigenvalue weighted by Gasteiger charge is -2.31. The highest BCUT2D eigenvalue weighted by molar-refractivity contribution is 7.93. The van der Waals surface area contributed by atoms with Crippen LogP contribution in [0.15, 0.2) is 40.1 Å². The van der Waals surface area contributed by atoms with Crippen molar-refractivity contribution in [3.63, 3.8) is 0 Å². The predicted molar refractivity (Wildman–Crippen MR) is 131 cm³/mol. The van der Waals surface area contributed by atoms with Crippen LogP contribution in [0.2, 0.25) is 5.02 Å². The van der Waals surface area contributed by atoms with Gasteiger partial charge in [-0.1, -0.05) is 17.7 Å². The number of sulfone groups is 1. The molecule has 0 atom stereocenters. The molecule has 2 aromatic rings. The van der Waals surface area contributed by atoms with Gasteiger partial charge in [0.15, 0.2) is 9.84 Å². The first-order valence-electron chi connectivity index (χ1n) is 11.0. The molecule has 2 aromatic carbocycles. The lowest BCUT2D eigenvalue weighted by Crippen LogP contribution is -2.30. The molecule has 1 saturated carbocycles. The standard InChI is InChI=1S/C23H27ClN2O6S2/c1-32-23(27)16-8-9-17(15-6-7-15)21(12-16)34(30,31)25-19-14-22(33(2,28)29)18(24)13-20(19)26-10-4-3-5-11-26/h8-9,12-15,25H,3-7,10-11H2,1-2H3. The summed E-state index contributed by atoms with van der Waals surface area (Å²) in [5.41, 5.74) is 1.41. The zero-order valence-electron chi connectivity index (χ0n) is 19.0. The number of anilines is 2. The summed E-state index contributed by atoms with van der Waals surface area (Å²) in [5.74, 6) is -0.546. The van der Waals surface area contributed by atoms with Gasteiger partial charge in [0.05, 0.1) is 38.9 Å². The van der Waals surface area contributed by atoms with Gasteiger partial charge >= 0.3 is 5.97 Å². The molecule has 1 saturated heterocycles. The Bertz CT molecular complexity index is 1330. The molecular formula is C23H27ClN2O6S2.